The third-order valence-corrected chi connectivity index (χ3v) is 5.69. The largest absolute Gasteiger partial charge is 0.349 e. The number of imidazole rings is 1. The number of anilines is 1. The van der Waals surface area contributed by atoms with Crippen LogP contribution >= 0.6 is 11.3 Å². The van der Waals surface area contributed by atoms with Crippen LogP contribution in [0.3, 0.4) is 0 Å². The lowest BCUT2D eigenvalue weighted by atomic mass is 10.1. The molecule has 2 fully saturated rings. The highest BCUT2D eigenvalue weighted by atomic mass is 32.1. The third kappa shape index (κ3) is 2.17. The monoisotopic (exact) mass is 305 g/mol. The molecule has 2 aliphatic rings. The Hall–Kier alpha value is -1.11. The van der Waals surface area contributed by atoms with Gasteiger partial charge in [0.2, 0.25) is 0 Å². The highest BCUT2D eigenvalue weighted by molar-refractivity contribution is 7.15. The maximum absolute atomic E-state index is 5.83. The van der Waals surface area contributed by atoms with Gasteiger partial charge in [0.25, 0.3) is 0 Å². The summed E-state index contributed by atoms with van der Waals surface area (Å²) in [7, 11) is 0. The molecule has 4 heterocycles. The summed E-state index contributed by atoms with van der Waals surface area (Å²) in [6.45, 7) is 6.56. The van der Waals surface area contributed by atoms with Gasteiger partial charge in [-0.3, -0.25) is 9.30 Å². The van der Waals surface area contributed by atoms with Crippen molar-refractivity contribution in [2.45, 2.75) is 38.3 Å². The predicted octanol–water partition coefficient (Wildman–Crippen LogP) is 1.57. The van der Waals surface area contributed by atoms with Crippen LogP contribution < -0.4 is 10.6 Å². The SMILES string of the molecule is CC1CN2CCCC2CN1c1nc2sccn2c1CCN. The van der Waals surface area contributed by atoms with E-state index in [0.29, 0.717) is 18.6 Å². The van der Waals surface area contributed by atoms with Crippen LogP contribution in [-0.2, 0) is 6.42 Å². The van der Waals surface area contributed by atoms with Crippen molar-refractivity contribution >= 4 is 22.1 Å². The predicted molar refractivity (Wildman–Crippen MR) is 87.2 cm³/mol. The highest BCUT2D eigenvalue weighted by Gasteiger charge is 2.36. The second kappa shape index (κ2) is 5.26. The maximum atomic E-state index is 5.83. The average Bonchev–Trinajstić information content (AvgIpc) is 3.14. The van der Waals surface area contributed by atoms with E-state index in [1.165, 1.54) is 30.9 Å². The fourth-order valence-electron chi connectivity index (χ4n) is 3.90. The van der Waals surface area contributed by atoms with Crippen LogP contribution in [0.4, 0.5) is 5.82 Å². The zero-order valence-corrected chi connectivity index (χ0v) is 13.4. The number of hydrogen-bond acceptors (Lipinski definition) is 5. The first-order chi connectivity index (χ1) is 10.3. The zero-order valence-electron chi connectivity index (χ0n) is 12.5. The number of nitrogens with two attached hydrogens (primary N) is 1. The molecule has 2 unspecified atom stereocenters. The highest BCUT2D eigenvalue weighted by Crippen LogP contribution is 2.32. The van der Waals surface area contributed by atoms with Crippen molar-refractivity contribution < 1.29 is 0 Å². The van der Waals surface area contributed by atoms with E-state index in [-0.39, 0.29) is 0 Å². The van der Waals surface area contributed by atoms with Crippen LogP contribution in [0.15, 0.2) is 11.6 Å². The molecule has 5 nitrogen and oxygen atoms in total. The Kier molecular flexibility index (Phi) is 3.40. The van der Waals surface area contributed by atoms with E-state index < -0.39 is 0 Å². The molecule has 2 N–H and O–H groups in total. The smallest absolute Gasteiger partial charge is 0.195 e. The molecule has 0 aromatic carbocycles. The van der Waals surface area contributed by atoms with Crippen LogP contribution in [-0.4, -0.2) is 52.5 Å². The molecule has 0 bridgehead atoms. The topological polar surface area (TPSA) is 49.8 Å². The van der Waals surface area contributed by atoms with Gasteiger partial charge in [-0.2, -0.15) is 0 Å². The number of aromatic nitrogens is 2. The zero-order chi connectivity index (χ0) is 14.4. The molecule has 2 aromatic rings. The molecule has 6 heteroatoms. The van der Waals surface area contributed by atoms with E-state index in [9.17, 15) is 0 Å². The lowest BCUT2D eigenvalue weighted by Gasteiger charge is -2.43. The number of piperazine rings is 1. The van der Waals surface area contributed by atoms with Crippen molar-refractivity contribution in [3.8, 4) is 0 Å². The summed E-state index contributed by atoms with van der Waals surface area (Å²) in [6.07, 6.45) is 5.69. The summed E-state index contributed by atoms with van der Waals surface area (Å²) in [4.78, 5) is 11.2. The first kappa shape index (κ1) is 13.5. The summed E-state index contributed by atoms with van der Waals surface area (Å²) in [5.41, 5.74) is 7.12. The van der Waals surface area contributed by atoms with Gasteiger partial charge >= 0.3 is 0 Å². The summed E-state index contributed by atoms with van der Waals surface area (Å²) in [6, 6.07) is 1.24. The second-order valence-electron chi connectivity index (χ2n) is 6.27. The van der Waals surface area contributed by atoms with Gasteiger partial charge in [-0.25, -0.2) is 4.98 Å². The molecule has 0 saturated carbocycles. The van der Waals surface area contributed by atoms with E-state index in [4.69, 9.17) is 10.7 Å². The van der Waals surface area contributed by atoms with Crippen LogP contribution in [0.2, 0.25) is 0 Å². The van der Waals surface area contributed by atoms with E-state index in [0.717, 1.165) is 24.5 Å². The molecule has 0 amide bonds. The minimum atomic E-state index is 0.528. The van der Waals surface area contributed by atoms with Gasteiger partial charge in [0.05, 0.1) is 5.69 Å². The molecule has 2 aliphatic heterocycles. The Labute approximate surface area is 129 Å². The van der Waals surface area contributed by atoms with E-state index in [1.807, 2.05) is 0 Å². The number of thiazole rings is 1. The fraction of sp³-hybridized carbons (Fsp3) is 0.667. The summed E-state index contributed by atoms with van der Waals surface area (Å²) in [5.74, 6) is 1.17. The van der Waals surface area contributed by atoms with Crippen LogP contribution in [0, 0.1) is 0 Å². The van der Waals surface area contributed by atoms with Gasteiger partial charge in [-0.1, -0.05) is 0 Å². The van der Waals surface area contributed by atoms with Gasteiger partial charge < -0.3 is 10.6 Å². The Morgan fingerprint density at radius 3 is 3.19 bits per heavy atom. The lowest BCUT2D eigenvalue weighted by Crippen LogP contribution is -2.55. The quantitative estimate of drug-likeness (QED) is 0.935. The van der Waals surface area contributed by atoms with Crippen molar-refractivity contribution in [3.63, 3.8) is 0 Å². The minimum absolute atomic E-state index is 0.528. The van der Waals surface area contributed by atoms with Gasteiger partial charge in [-0.05, 0) is 32.9 Å². The van der Waals surface area contributed by atoms with E-state index in [1.54, 1.807) is 11.3 Å². The first-order valence-corrected chi connectivity index (χ1v) is 8.81. The van der Waals surface area contributed by atoms with Crippen LogP contribution in [0.5, 0.6) is 0 Å². The van der Waals surface area contributed by atoms with Crippen molar-refractivity contribution in [2.75, 3.05) is 31.1 Å². The Bertz CT molecular complexity index is 633. The molecule has 0 spiro atoms. The summed E-state index contributed by atoms with van der Waals surface area (Å²) < 4.78 is 2.22. The van der Waals surface area contributed by atoms with Gasteiger partial charge in [0, 0.05) is 43.2 Å². The van der Waals surface area contributed by atoms with Gasteiger partial charge in [0.1, 0.15) is 0 Å². The lowest BCUT2D eigenvalue weighted by molar-refractivity contribution is 0.202. The molecule has 4 rings (SSSR count). The average molecular weight is 305 g/mol. The fourth-order valence-corrected chi connectivity index (χ4v) is 4.63. The number of rotatable bonds is 3. The van der Waals surface area contributed by atoms with Crippen molar-refractivity contribution in [1.82, 2.24) is 14.3 Å². The number of nitrogens with zero attached hydrogens (tertiary/aromatic N) is 4. The molecular formula is C15H23N5S. The molecule has 0 radical (unpaired) electrons. The summed E-state index contributed by atoms with van der Waals surface area (Å²) >= 11 is 1.71. The molecule has 2 aromatic heterocycles. The molecule has 2 saturated heterocycles. The van der Waals surface area contributed by atoms with E-state index in [2.05, 4.69) is 32.7 Å². The van der Waals surface area contributed by atoms with E-state index >= 15 is 0 Å². The van der Waals surface area contributed by atoms with Crippen molar-refractivity contribution in [2.24, 2.45) is 5.73 Å². The van der Waals surface area contributed by atoms with Gasteiger partial charge in [0.15, 0.2) is 10.8 Å². The molecule has 0 aliphatic carbocycles. The Morgan fingerprint density at radius 1 is 1.43 bits per heavy atom. The first-order valence-electron chi connectivity index (χ1n) is 7.93. The normalized spacial score (nSPS) is 26.7. The third-order valence-electron chi connectivity index (χ3n) is 4.93. The number of hydrogen-bond donors (Lipinski definition) is 1. The van der Waals surface area contributed by atoms with Crippen molar-refractivity contribution in [3.05, 3.63) is 17.3 Å². The minimum Gasteiger partial charge on any atom is -0.349 e. The van der Waals surface area contributed by atoms with Gasteiger partial charge in [-0.15, -0.1) is 11.3 Å². The number of fused-ring (bicyclic) bond motifs is 2. The standard InChI is InChI=1S/C15H23N5S/c1-11-9-18-6-2-3-12(18)10-20(11)14-13(4-5-16)19-7-8-21-15(19)17-14/h7-8,11-12H,2-6,9-10,16H2,1H3. The van der Waals surface area contributed by atoms with Crippen LogP contribution in [0.1, 0.15) is 25.5 Å². The Balaban J connectivity index is 1.71. The summed E-state index contributed by atoms with van der Waals surface area (Å²) in [5, 5.41) is 2.10. The molecule has 114 valence electrons. The molecule has 2 atom stereocenters. The van der Waals surface area contributed by atoms with Crippen LogP contribution in [0.25, 0.3) is 4.96 Å². The molecular weight excluding hydrogens is 282 g/mol. The van der Waals surface area contributed by atoms with Crippen molar-refractivity contribution in [1.29, 1.82) is 0 Å². The maximum Gasteiger partial charge on any atom is 0.195 e. The molecule has 21 heavy (non-hydrogen) atoms. The Morgan fingerprint density at radius 2 is 2.33 bits per heavy atom. The second-order valence-corrected chi connectivity index (χ2v) is 7.14.